The summed E-state index contributed by atoms with van der Waals surface area (Å²) in [5.41, 5.74) is 1.66. The molecule has 0 aromatic heterocycles. The minimum Gasteiger partial charge on any atom is -0.493 e. The maximum atomic E-state index is 12.5. The van der Waals surface area contributed by atoms with Crippen LogP contribution in [0.15, 0.2) is 59.8 Å². The van der Waals surface area contributed by atoms with Gasteiger partial charge in [0.2, 0.25) is 0 Å². The summed E-state index contributed by atoms with van der Waals surface area (Å²) < 4.78 is 16.0. The molecule has 0 saturated carbocycles. The Hall–Kier alpha value is -3.81. The van der Waals surface area contributed by atoms with Crippen LogP contribution in [0.3, 0.4) is 0 Å². The predicted molar refractivity (Wildman–Crippen MR) is 108 cm³/mol. The van der Waals surface area contributed by atoms with Crippen LogP contribution >= 0.6 is 0 Å². The summed E-state index contributed by atoms with van der Waals surface area (Å²) >= 11 is 0. The molecular weight excluding hydrogens is 388 g/mol. The normalized spacial score (nSPS) is 15.7. The molecule has 156 valence electrons. The summed E-state index contributed by atoms with van der Waals surface area (Å²) in [6.07, 6.45) is 0. The van der Waals surface area contributed by atoms with Crippen molar-refractivity contribution in [3.05, 3.63) is 70.9 Å². The smallest absolute Gasteiger partial charge is 0.343 e. The van der Waals surface area contributed by atoms with Crippen LogP contribution < -0.4 is 20.1 Å². The molecule has 0 unspecified atom stereocenters. The van der Waals surface area contributed by atoms with E-state index in [0.29, 0.717) is 16.8 Å². The fourth-order valence-corrected chi connectivity index (χ4v) is 3.10. The molecule has 0 spiro atoms. The topological polar surface area (TPSA) is 103 Å². The lowest BCUT2D eigenvalue weighted by Gasteiger charge is -2.28. The standard InChI is InChI=1S/C22H22N2O6/c1-4-29-21(26)18-13(2)23-22(27)24-19(18)15-10-11-16(17(12-15)28-3)30-20(25)14-8-6-5-7-9-14/h5-12,19H,4H2,1-3H3,(H2,23,24,27)/t19-/m0/s1. The maximum absolute atomic E-state index is 12.5. The van der Waals surface area contributed by atoms with Gasteiger partial charge in [0.05, 0.1) is 30.9 Å². The van der Waals surface area contributed by atoms with Crippen molar-refractivity contribution in [2.75, 3.05) is 13.7 Å². The van der Waals surface area contributed by atoms with E-state index in [-0.39, 0.29) is 23.7 Å². The van der Waals surface area contributed by atoms with Crippen LogP contribution in [0.25, 0.3) is 0 Å². The minimum atomic E-state index is -0.745. The Labute approximate surface area is 173 Å². The third-order valence-corrected chi connectivity index (χ3v) is 4.50. The van der Waals surface area contributed by atoms with E-state index in [4.69, 9.17) is 14.2 Å². The maximum Gasteiger partial charge on any atom is 0.343 e. The Morgan fingerprint density at radius 2 is 1.77 bits per heavy atom. The molecule has 0 aliphatic carbocycles. The van der Waals surface area contributed by atoms with E-state index >= 15 is 0 Å². The SMILES string of the molecule is CCOC(=O)C1=C(C)NC(=O)N[C@H]1c1ccc(OC(=O)c2ccccc2)c(OC)c1. The number of urea groups is 1. The van der Waals surface area contributed by atoms with Gasteiger partial charge in [-0.1, -0.05) is 24.3 Å². The number of hydrogen-bond donors (Lipinski definition) is 2. The number of methoxy groups -OCH3 is 1. The summed E-state index contributed by atoms with van der Waals surface area (Å²) in [6, 6.07) is 12.2. The largest absolute Gasteiger partial charge is 0.493 e. The first-order valence-corrected chi connectivity index (χ1v) is 9.35. The highest BCUT2D eigenvalue weighted by molar-refractivity contribution is 5.95. The van der Waals surface area contributed by atoms with Gasteiger partial charge < -0.3 is 24.8 Å². The zero-order chi connectivity index (χ0) is 21.7. The van der Waals surface area contributed by atoms with Crippen molar-refractivity contribution in [1.29, 1.82) is 0 Å². The Bertz CT molecular complexity index is 1000. The molecule has 2 amide bonds. The molecule has 8 heteroatoms. The van der Waals surface area contributed by atoms with E-state index in [1.807, 2.05) is 0 Å². The molecule has 0 radical (unpaired) electrons. The Morgan fingerprint density at radius 3 is 2.43 bits per heavy atom. The molecule has 0 saturated heterocycles. The van der Waals surface area contributed by atoms with Crippen molar-refractivity contribution in [2.24, 2.45) is 0 Å². The van der Waals surface area contributed by atoms with Crippen LogP contribution in [0.2, 0.25) is 0 Å². The Kier molecular flexibility index (Phi) is 6.36. The van der Waals surface area contributed by atoms with Crippen LogP contribution in [-0.2, 0) is 9.53 Å². The predicted octanol–water partition coefficient (Wildman–Crippen LogP) is 3.11. The second-order valence-electron chi connectivity index (χ2n) is 6.46. The molecule has 2 aromatic rings. The molecular formula is C22H22N2O6. The van der Waals surface area contributed by atoms with Gasteiger partial charge in [0.1, 0.15) is 0 Å². The molecule has 2 aromatic carbocycles. The molecule has 1 aliphatic heterocycles. The fraction of sp³-hybridized carbons (Fsp3) is 0.227. The average molecular weight is 410 g/mol. The Morgan fingerprint density at radius 1 is 1.03 bits per heavy atom. The number of benzene rings is 2. The van der Waals surface area contributed by atoms with Crippen LogP contribution in [0, 0.1) is 0 Å². The monoisotopic (exact) mass is 410 g/mol. The van der Waals surface area contributed by atoms with Gasteiger partial charge in [0.15, 0.2) is 11.5 Å². The van der Waals surface area contributed by atoms with Crippen LogP contribution in [0.1, 0.15) is 35.8 Å². The lowest BCUT2D eigenvalue weighted by molar-refractivity contribution is -0.139. The third kappa shape index (κ3) is 4.43. The first-order chi connectivity index (χ1) is 14.4. The molecule has 2 N–H and O–H groups in total. The molecule has 1 aliphatic rings. The van der Waals surface area contributed by atoms with Gasteiger partial charge in [-0.15, -0.1) is 0 Å². The highest BCUT2D eigenvalue weighted by Gasteiger charge is 2.32. The fourth-order valence-electron chi connectivity index (χ4n) is 3.10. The van der Waals surface area contributed by atoms with Crippen molar-refractivity contribution in [3.63, 3.8) is 0 Å². The quantitative estimate of drug-likeness (QED) is 0.560. The van der Waals surface area contributed by atoms with Crippen LogP contribution in [0.5, 0.6) is 11.5 Å². The van der Waals surface area contributed by atoms with Gasteiger partial charge in [-0.25, -0.2) is 14.4 Å². The number of nitrogens with one attached hydrogen (secondary N) is 2. The molecule has 0 fully saturated rings. The van der Waals surface area contributed by atoms with Crippen molar-refractivity contribution < 1.29 is 28.6 Å². The zero-order valence-corrected chi connectivity index (χ0v) is 16.9. The highest BCUT2D eigenvalue weighted by atomic mass is 16.6. The van der Waals surface area contributed by atoms with Crippen LogP contribution in [0.4, 0.5) is 4.79 Å². The summed E-state index contributed by atoms with van der Waals surface area (Å²) in [6.45, 7) is 3.54. The van der Waals surface area contributed by atoms with Gasteiger partial charge >= 0.3 is 18.0 Å². The number of rotatable bonds is 6. The van der Waals surface area contributed by atoms with E-state index in [9.17, 15) is 14.4 Å². The summed E-state index contributed by atoms with van der Waals surface area (Å²) in [4.78, 5) is 36.8. The molecule has 1 atom stereocenters. The number of carbonyl (C=O) groups is 3. The molecule has 3 rings (SSSR count). The number of esters is 2. The van der Waals surface area contributed by atoms with Gasteiger partial charge in [-0.3, -0.25) is 0 Å². The van der Waals surface area contributed by atoms with E-state index < -0.39 is 24.0 Å². The lowest BCUT2D eigenvalue weighted by atomic mass is 9.95. The van der Waals surface area contributed by atoms with E-state index in [0.717, 1.165) is 0 Å². The van der Waals surface area contributed by atoms with Gasteiger partial charge in [0.25, 0.3) is 0 Å². The van der Waals surface area contributed by atoms with Gasteiger partial charge in [-0.05, 0) is 43.7 Å². The number of ether oxygens (including phenoxy) is 3. The van der Waals surface area contributed by atoms with Crippen molar-refractivity contribution in [1.82, 2.24) is 10.6 Å². The number of carbonyl (C=O) groups excluding carboxylic acids is 3. The number of hydrogen-bond acceptors (Lipinski definition) is 6. The molecule has 1 heterocycles. The van der Waals surface area contributed by atoms with Crippen LogP contribution in [-0.4, -0.2) is 31.7 Å². The van der Waals surface area contributed by atoms with Gasteiger partial charge in [0, 0.05) is 5.70 Å². The molecule has 8 nitrogen and oxygen atoms in total. The van der Waals surface area contributed by atoms with Gasteiger partial charge in [-0.2, -0.15) is 0 Å². The summed E-state index contributed by atoms with van der Waals surface area (Å²) in [5.74, 6) is -0.565. The second-order valence-corrected chi connectivity index (χ2v) is 6.46. The number of amides is 2. The lowest BCUT2D eigenvalue weighted by Crippen LogP contribution is -2.45. The van der Waals surface area contributed by atoms with E-state index in [2.05, 4.69) is 10.6 Å². The average Bonchev–Trinajstić information content (AvgIpc) is 2.74. The second kappa shape index (κ2) is 9.13. The summed E-state index contributed by atoms with van der Waals surface area (Å²) in [7, 11) is 1.44. The summed E-state index contributed by atoms with van der Waals surface area (Å²) in [5, 5.41) is 5.30. The highest BCUT2D eigenvalue weighted by Crippen LogP contribution is 2.35. The van der Waals surface area contributed by atoms with Crippen molar-refractivity contribution in [2.45, 2.75) is 19.9 Å². The minimum absolute atomic E-state index is 0.202. The zero-order valence-electron chi connectivity index (χ0n) is 16.9. The third-order valence-electron chi connectivity index (χ3n) is 4.50. The van der Waals surface area contributed by atoms with E-state index in [1.54, 1.807) is 62.4 Å². The molecule has 0 bridgehead atoms. The first kappa shape index (κ1) is 20.9. The first-order valence-electron chi connectivity index (χ1n) is 9.35. The Balaban J connectivity index is 1.92. The van der Waals surface area contributed by atoms with Crippen molar-refractivity contribution in [3.8, 4) is 11.5 Å². The number of allylic oxidation sites excluding steroid dienone is 1. The van der Waals surface area contributed by atoms with E-state index in [1.165, 1.54) is 7.11 Å². The molecule has 30 heavy (non-hydrogen) atoms. The van der Waals surface area contributed by atoms with Crippen molar-refractivity contribution >= 4 is 18.0 Å².